The van der Waals surface area contributed by atoms with Crippen LogP contribution in [-0.2, 0) is 11.2 Å². The van der Waals surface area contributed by atoms with Crippen molar-refractivity contribution < 1.29 is 11.2 Å². The summed E-state index contributed by atoms with van der Waals surface area (Å²) in [6.07, 6.45) is 8.40. The maximum atomic E-state index is 4.69. The predicted octanol–water partition coefficient (Wildman–Crippen LogP) is 4.23. The molecule has 0 aromatic rings. The van der Waals surface area contributed by atoms with Crippen molar-refractivity contribution in [3.8, 4) is 0 Å². The zero-order chi connectivity index (χ0) is 8.81. The summed E-state index contributed by atoms with van der Waals surface area (Å²) in [5, 5.41) is 4.69. The first-order valence-corrected chi connectivity index (χ1v) is 17.3. The van der Waals surface area contributed by atoms with E-state index in [4.69, 9.17) is 0 Å². The third kappa shape index (κ3) is 4.56. The molecule has 0 radical (unpaired) electrons. The van der Waals surface area contributed by atoms with Gasteiger partial charge in [-0.05, 0) is 0 Å². The number of halogens is 2. The van der Waals surface area contributed by atoms with E-state index in [-0.39, 0.29) is 0 Å². The van der Waals surface area contributed by atoms with Gasteiger partial charge in [0.15, 0.2) is 0 Å². The van der Waals surface area contributed by atoms with Crippen LogP contribution in [0.1, 0.15) is 38.5 Å². The Morgan fingerprint density at radius 2 is 1.25 bits per heavy atom. The summed E-state index contributed by atoms with van der Waals surface area (Å²) >= 11 is 5.30. The second kappa shape index (κ2) is 7.41. The molecule has 0 unspecified atom stereocenters. The fourth-order valence-corrected chi connectivity index (χ4v) is 1.37. The van der Waals surface area contributed by atoms with E-state index in [1.807, 2.05) is 0 Å². The van der Waals surface area contributed by atoms with Gasteiger partial charge in [-0.2, -0.15) is 0 Å². The number of hydrogen-bond acceptors (Lipinski definition) is 0. The Morgan fingerprint density at radius 1 is 0.917 bits per heavy atom. The van der Waals surface area contributed by atoms with Crippen LogP contribution in [0, 0.1) is 0 Å². The predicted molar refractivity (Wildman–Crippen MR) is 66.7 cm³/mol. The Hall–Kier alpha value is 2.11. The Bertz CT molecular complexity index is 104. The van der Waals surface area contributed by atoms with Gasteiger partial charge in [0, 0.05) is 0 Å². The van der Waals surface area contributed by atoms with E-state index in [0.29, 0.717) is 11.2 Å². The summed E-state index contributed by atoms with van der Waals surface area (Å²) in [6.45, 7) is 0. The third-order valence-corrected chi connectivity index (χ3v) is 2.57. The third-order valence-electron chi connectivity index (χ3n) is 2.57. The molecule has 4 heteroatoms. The first-order chi connectivity index (χ1) is 5.86. The molecular formula is C8H14I2NPt-. The summed E-state index contributed by atoms with van der Waals surface area (Å²) in [6, 6.07) is 1.57. The fourth-order valence-electron chi connectivity index (χ4n) is 1.37. The Morgan fingerprint density at radius 3 is 1.42 bits per heavy atom. The van der Waals surface area contributed by atoms with Crippen molar-refractivity contribution in [2.24, 2.45) is 0 Å². The molecule has 0 bridgehead atoms. The van der Waals surface area contributed by atoms with Crippen LogP contribution in [0.4, 0.5) is 0 Å². The molecule has 12 heavy (non-hydrogen) atoms. The summed E-state index contributed by atoms with van der Waals surface area (Å²) in [4.78, 5) is 0. The quantitative estimate of drug-likeness (QED) is 0.440. The normalized spacial score (nSPS) is 23.8. The fraction of sp³-hybridized carbons (Fsp3) is 1.00. The molecule has 0 amide bonds. The first-order valence-electron chi connectivity index (χ1n) is 4.39. The van der Waals surface area contributed by atoms with E-state index in [0.717, 1.165) is 12.1 Å². The monoisotopic (exact) mass is 573 g/mol. The molecule has 2 fully saturated rings. The topological polar surface area (TPSA) is 14.1 Å². The van der Waals surface area contributed by atoms with E-state index in [2.05, 4.69) is 44.0 Å². The second-order valence-corrected chi connectivity index (χ2v) is 20.0. The molecule has 0 saturated heterocycles. The average molecular weight is 573 g/mol. The summed E-state index contributed by atoms with van der Waals surface area (Å²) in [5.41, 5.74) is 0. The molecule has 2 rings (SSSR count). The van der Waals surface area contributed by atoms with Gasteiger partial charge in [0.25, 0.3) is 0 Å². The molecule has 2 saturated carbocycles. The number of nitrogens with zero attached hydrogens (tertiary/aromatic N) is 1. The Labute approximate surface area is 104 Å². The number of hydrogen-bond donors (Lipinski definition) is 0. The Kier molecular flexibility index (Phi) is 7.52. The molecule has 0 spiro atoms. The van der Waals surface area contributed by atoms with Gasteiger partial charge in [-0.1, -0.05) is 38.5 Å². The number of rotatable bonds is 2. The summed E-state index contributed by atoms with van der Waals surface area (Å²) in [7, 11) is 0. The van der Waals surface area contributed by atoms with Crippen LogP contribution in [0.5, 0.6) is 0 Å². The molecular weight excluding hydrogens is 559 g/mol. The van der Waals surface area contributed by atoms with Crippen LogP contribution in [0.15, 0.2) is 0 Å². The van der Waals surface area contributed by atoms with Crippen LogP contribution in [-0.4, -0.2) is 12.1 Å². The van der Waals surface area contributed by atoms with Crippen LogP contribution in [0.2, 0.25) is 0 Å². The minimum absolute atomic E-state index is 0.523. The van der Waals surface area contributed by atoms with Gasteiger partial charge in [0.2, 0.25) is 0 Å². The van der Waals surface area contributed by atoms with Gasteiger partial charge < -0.3 is 5.32 Å². The van der Waals surface area contributed by atoms with Crippen molar-refractivity contribution in [1.82, 2.24) is 0 Å². The molecule has 2 aliphatic rings. The van der Waals surface area contributed by atoms with E-state index in [9.17, 15) is 0 Å². The van der Waals surface area contributed by atoms with E-state index < -0.39 is 0 Å². The molecule has 0 aliphatic heterocycles. The molecule has 0 aromatic heterocycles. The summed E-state index contributed by atoms with van der Waals surface area (Å²) in [5.74, 6) is 0. The molecule has 76 valence electrons. The SMILES string of the molecule is C1CC([N-]C2CCC2)C1.[I][Pt][I]. The summed E-state index contributed by atoms with van der Waals surface area (Å²) < 4.78 is 0. The van der Waals surface area contributed by atoms with E-state index in [1.54, 1.807) is 0 Å². The van der Waals surface area contributed by atoms with Gasteiger partial charge in [0.1, 0.15) is 0 Å². The van der Waals surface area contributed by atoms with Crippen LogP contribution in [0.3, 0.4) is 0 Å². The van der Waals surface area contributed by atoms with Gasteiger partial charge in [0.05, 0.1) is 0 Å². The van der Waals surface area contributed by atoms with Crippen LogP contribution in [0.25, 0.3) is 5.32 Å². The van der Waals surface area contributed by atoms with Crippen molar-refractivity contribution >= 4 is 38.7 Å². The standard InChI is InChI=1S/C8H14N.2HI.Pt/c1-3-7(4-1)9-8-5-2-6-8;;;/h7-8H,1-6H2;2*1H;/q-1;;;+2/p-2. The van der Waals surface area contributed by atoms with Gasteiger partial charge in [-0.15, -0.1) is 12.1 Å². The van der Waals surface area contributed by atoms with Crippen LogP contribution >= 0.6 is 38.7 Å². The van der Waals surface area contributed by atoms with Crippen molar-refractivity contribution in [3.63, 3.8) is 0 Å². The maximum absolute atomic E-state index is 4.69. The molecule has 1 nitrogen and oxygen atoms in total. The average Bonchev–Trinajstić information content (AvgIpc) is 1.82. The zero-order valence-electron chi connectivity index (χ0n) is 6.92. The molecule has 0 heterocycles. The van der Waals surface area contributed by atoms with Crippen molar-refractivity contribution in [3.05, 3.63) is 5.32 Å². The second-order valence-electron chi connectivity index (χ2n) is 3.36. The Balaban J connectivity index is 0.000000213. The van der Waals surface area contributed by atoms with E-state index >= 15 is 0 Å². The minimum atomic E-state index is 0.523. The van der Waals surface area contributed by atoms with E-state index in [1.165, 1.54) is 38.5 Å². The van der Waals surface area contributed by atoms with Crippen LogP contribution < -0.4 is 0 Å². The van der Waals surface area contributed by atoms with Gasteiger partial charge in [-0.25, -0.2) is 0 Å². The molecule has 0 atom stereocenters. The zero-order valence-corrected chi connectivity index (χ0v) is 13.5. The van der Waals surface area contributed by atoms with Crippen molar-refractivity contribution in [2.75, 3.05) is 0 Å². The molecule has 0 N–H and O–H groups in total. The van der Waals surface area contributed by atoms with Gasteiger partial charge in [-0.3, -0.25) is 0 Å². The van der Waals surface area contributed by atoms with Crippen molar-refractivity contribution in [2.45, 2.75) is 50.6 Å². The first kappa shape index (κ1) is 12.2. The molecule has 0 aromatic carbocycles. The van der Waals surface area contributed by atoms with Gasteiger partial charge >= 0.3 is 49.9 Å². The molecule has 2 aliphatic carbocycles. The van der Waals surface area contributed by atoms with Crippen molar-refractivity contribution in [1.29, 1.82) is 0 Å².